The summed E-state index contributed by atoms with van der Waals surface area (Å²) in [6.45, 7) is 7.43. The lowest BCUT2D eigenvalue weighted by Crippen LogP contribution is -2.46. The number of carboxylic acid groups (broad SMARTS) is 1. The highest BCUT2D eigenvalue weighted by atomic mass is 16.5. The van der Waals surface area contributed by atoms with Crippen molar-refractivity contribution in [3.05, 3.63) is 0 Å². The summed E-state index contributed by atoms with van der Waals surface area (Å²) in [6, 6.07) is 0. The van der Waals surface area contributed by atoms with Crippen LogP contribution in [0.3, 0.4) is 0 Å². The Balaban J connectivity index is 2.43. The summed E-state index contributed by atoms with van der Waals surface area (Å²) >= 11 is 0. The number of carbonyl (C=O) groups excluding carboxylic acids is 1. The second-order valence-corrected chi connectivity index (χ2v) is 6.41. The molecule has 0 spiro atoms. The smallest absolute Gasteiger partial charge is 0.311 e. The minimum absolute atomic E-state index is 0.0507. The van der Waals surface area contributed by atoms with Crippen LogP contribution in [-0.4, -0.2) is 36.7 Å². The van der Waals surface area contributed by atoms with Gasteiger partial charge in [-0.25, -0.2) is 0 Å². The van der Waals surface area contributed by atoms with Gasteiger partial charge in [0.2, 0.25) is 5.91 Å². The third-order valence-corrected chi connectivity index (χ3v) is 3.94. The van der Waals surface area contributed by atoms with Crippen molar-refractivity contribution in [2.24, 2.45) is 17.3 Å². The Hall–Kier alpha value is -1.10. The largest absolute Gasteiger partial charge is 0.481 e. The van der Waals surface area contributed by atoms with E-state index < -0.39 is 11.4 Å². The summed E-state index contributed by atoms with van der Waals surface area (Å²) in [7, 11) is 0. The fourth-order valence-electron chi connectivity index (χ4n) is 2.77. The Morgan fingerprint density at radius 1 is 1.25 bits per heavy atom. The van der Waals surface area contributed by atoms with Gasteiger partial charge in [-0.2, -0.15) is 0 Å². The zero-order valence-electron chi connectivity index (χ0n) is 12.8. The van der Waals surface area contributed by atoms with E-state index in [-0.39, 0.29) is 12.5 Å². The molecule has 1 saturated heterocycles. The number of carbonyl (C=O) groups is 2. The number of hydrogen-bond donors (Lipinski definition) is 2. The molecule has 5 heteroatoms. The highest BCUT2D eigenvalue weighted by Gasteiger charge is 2.40. The molecule has 116 valence electrons. The van der Waals surface area contributed by atoms with E-state index in [2.05, 4.69) is 26.1 Å². The zero-order valence-corrected chi connectivity index (χ0v) is 12.8. The summed E-state index contributed by atoms with van der Waals surface area (Å²) in [5.41, 5.74) is -0.852. The van der Waals surface area contributed by atoms with Crippen molar-refractivity contribution in [3.8, 4) is 0 Å². The van der Waals surface area contributed by atoms with E-state index in [1.54, 1.807) is 0 Å². The molecule has 1 aliphatic heterocycles. The molecule has 1 fully saturated rings. The normalized spacial score (nSPS) is 19.6. The first-order valence-electron chi connectivity index (χ1n) is 7.43. The van der Waals surface area contributed by atoms with Gasteiger partial charge in [-0.15, -0.1) is 0 Å². The number of nitrogens with one attached hydrogen (secondary N) is 1. The number of ether oxygens (including phenoxy) is 1. The van der Waals surface area contributed by atoms with E-state index in [9.17, 15) is 14.7 Å². The highest BCUT2D eigenvalue weighted by molar-refractivity contribution is 5.79. The molecule has 1 aliphatic rings. The molecule has 0 bridgehead atoms. The number of amides is 1. The van der Waals surface area contributed by atoms with E-state index >= 15 is 0 Å². The first-order valence-corrected chi connectivity index (χ1v) is 7.43. The summed E-state index contributed by atoms with van der Waals surface area (Å²) in [5.74, 6) is 0.00529. The highest BCUT2D eigenvalue weighted by Crippen LogP contribution is 2.30. The molecule has 0 aromatic heterocycles. The predicted octanol–water partition coefficient (Wildman–Crippen LogP) is 2.06. The zero-order chi connectivity index (χ0) is 15.2. The van der Waals surface area contributed by atoms with Crippen molar-refractivity contribution in [2.45, 2.75) is 46.5 Å². The topological polar surface area (TPSA) is 75.6 Å². The minimum Gasteiger partial charge on any atom is -0.481 e. The van der Waals surface area contributed by atoms with Gasteiger partial charge in [-0.1, -0.05) is 20.8 Å². The third-order valence-electron chi connectivity index (χ3n) is 3.94. The van der Waals surface area contributed by atoms with Crippen LogP contribution in [0, 0.1) is 17.3 Å². The third kappa shape index (κ3) is 5.12. The van der Waals surface area contributed by atoms with Gasteiger partial charge in [0.1, 0.15) is 0 Å². The molecule has 1 heterocycles. The van der Waals surface area contributed by atoms with Crippen molar-refractivity contribution in [3.63, 3.8) is 0 Å². The number of carboxylic acids is 1. The molecule has 5 nitrogen and oxygen atoms in total. The van der Waals surface area contributed by atoms with E-state index in [0.29, 0.717) is 44.3 Å². The molecule has 2 N–H and O–H groups in total. The fourth-order valence-corrected chi connectivity index (χ4v) is 2.77. The second-order valence-electron chi connectivity index (χ2n) is 6.41. The Labute approximate surface area is 121 Å². The molecule has 0 radical (unpaired) electrons. The Bertz CT molecular complexity index is 335. The molecule has 1 amide bonds. The molecule has 1 unspecified atom stereocenters. The summed E-state index contributed by atoms with van der Waals surface area (Å²) in [5, 5.41) is 12.2. The monoisotopic (exact) mass is 285 g/mol. The first-order chi connectivity index (χ1) is 9.35. The predicted molar refractivity (Wildman–Crippen MR) is 76.4 cm³/mol. The lowest BCUT2D eigenvalue weighted by atomic mass is 9.80. The maximum Gasteiger partial charge on any atom is 0.311 e. The van der Waals surface area contributed by atoms with Crippen LogP contribution in [0.4, 0.5) is 0 Å². The van der Waals surface area contributed by atoms with Crippen molar-refractivity contribution < 1.29 is 19.4 Å². The molecule has 1 rings (SSSR count). The molecule has 1 atom stereocenters. The van der Waals surface area contributed by atoms with Crippen molar-refractivity contribution >= 4 is 11.9 Å². The average Bonchev–Trinajstić information content (AvgIpc) is 2.36. The van der Waals surface area contributed by atoms with Gasteiger partial charge in [0.25, 0.3) is 0 Å². The van der Waals surface area contributed by atoms with Gasteiger partial charge < -0.3 is 15.2 Å². The SMILES string of the molecule is CC(C)CC(C)CC(=O)NCC1(C(=O)O)CCOCC1. The number of aliphatic carboxylic acids is 1. The molecule has 0 saturated carbocycles. The molecule has 0 aliphatic carbocycles. The van der Waals surface area contributed by atoms with Crippen molar-refractivity contribution in [1.29, 1.82) is 0 Å². The van der Waals surface area contributed by atoms with Crippen molar-refractivity contribution in [1.82, 2.24) is 5.32 Å². The van der Waals surface area contributed by atoms with Gasteiger partial charge in [0.15, 0.2) is 0 Å². The van der Waals surface area contributed by atoms with Crippen LogP contribution in [0.5, 0.6) is 0 Å². The summed E-state index contributed by atoms with van der Waals surface area (Å²) in [6.07, 6.45) is 2.39. The fraction of sp³-hybridized carbons (Fsp3) is 0.867. The quantitative estimate of drug-likeness (QED) is 0.750. The van der Waals surface area contributed by atoms with Crippen molar-refractivity contribution in [2.75, 3.05) is 19.8 Å². The number of rotatable bonds is 7. The van der Waals surface area contributed by atoms with Crippen LogP contribution < -0.4 is 5.32 Å². The standard InChI is InChI=1S/C15H27NO4/c1-11(2)8-12(3)9-13(17)16-10-15(14(18)19)4-6-20-7-5-15/h11-12H,4-10H2,1-3H3,(H,16,17)(H,18,19). The van der Waals surface area contributed by atoms with E-state index in [1.165, 1.54) is 0 Å². The van der Waals surface area contributed by atoms with Gasteiger partial charge in [-0.05, 0) is 31.1 Å². The van der Waals surface area contributed by atoms with Crippen LogP contribution in [0.2, 0.25) is 0 Å². The lowest BCUT2D eigenvalue weighted by Gasteiger charge is -2.33. The molecule has 20 heavy (non-hydrogen) atoms. The van der Waals surface area contributed by atoms with Crippen LogP contribution in [0.1, 0.15) is 46.5 Å². The molecule has 0 aromatic carbocycles. The second kappa shape index (κ2) is 7.62. The summed E-state index contributed by atoms with van der Waals surface area (Å²) < 4.78 is 5.21. The Kier molecular flexibility index (Phi) is 6.46. The van der Waals surface area contributed by atoms with Crippen LogP contribution in [0.25, 0.3) is 0 Å². The summed E-state index contributed by atoms with van der Waals surface area (Å²) in [4.78, 5) is 23.4. The van der Waals surface area contributed by atoms with Gasteiger partial charge in [-0.3, -0.25) is 9.59 Å². The van der Waals surface area contributed by atoms with E-state index in [0.717, 1.165) is 6.42 Å². The lowest BCUT2D eigenvalue weighted by molar-refractivity contribution is -0.154. The molecular formula is C15H27NO4. The van der Waals surface area contributed by atoms with Gasteiger partial charge in [0, 0.05) is 26.2 Å². The Morgan fingerprint density at radius 3 is 2.35 bits per heavy atom. The van der Waals surface area contributed by atoms with Crippen LogP contribution in [-0.2, 0) is 14.3 Å². The van der Waals surface area contributed by atoms with Crippen LogP contribution >= 0.6 is 0 Å². The maximum absolute atomic E-state index is 11.9. The Morgan fingerprint density at radius 2 is 1.85 bits per heavy atom. The van der Waals surface area contributed by atoms with E-state index in [4.69, 9.17) is 4.74 Å². The molecular weight excluding hydrogens is 258 g/mol. The average molecular weight is 285 g/mol. The van der Waals surface area contributed by atoms with Crippen LogP contribution in [0.15, 0.2) is 0 Å². The van der Waals surface area contributed by atoms with Gasteiger partial charge in [0.05, 0.1) is 5.41 Å². The minimum atomic E-state index is -0.852. The van der Waals surface area contributed by atoms with Gasteiger partial charge >= 0.3 is 5.97 Å². The maximum atomic E-state index is 11.9. The molecule has 0 aromatic rings. The van der Waals surface area contributed by atoms with E-state index in [1.807, 2.05) is 0 Å². The number of hydrogen-bond acceptors (Lipinski definition) is 3. The first kappa shape index (κ1) is 17.0.